The number of carbonyl (C=O) groups excluding carboxylic acids is 1. The van der Waals surface area contributed by atoms with Crippen LogP contribution < -0.4 is 5.73 Å². The molecule has 0 spiro atoms. The van der Waals surface area contributed by atoms with Crippen LogP contribution in [0.3, 0.4) is 0 Å². The van der Waals surface area contributed by atoms with Gasteiger partial charge in [-0.1, -0.05) is 15.9 Å². The lowest BCUT2D eigenvalue weighted by atomic mass is 10.1. The van der Waals surface area contributed by atoms with Crippen LogP contribution in [0.4, 0.5) is 10.1 Å². The Balaban J connectivity index is 3.23. The summed E-state index contributed by atoms with van der Waals surface area (Å²) in [5.74, 6) is -1.47. The second-order valence-corrected chi connectivity index (χ2v) is 3.01. The highest BCUT2D eigenvalue weighted by atomic mass is 79.9. The van der Waals surface area contributed by atoms with E-state index in [0.717, 1.165) is 12.1 Å². The van der Waals surface area contributed by atoms with E-state index in [0.29, 0.717) is 0 Å². The molecule has 0 saturated carbocycles. The smallest absolute Gasteiger partial charge is 0.177 e. The molecule has 5 heteroatoms. The molecule has 3 N–H and O–H groups in total. The van der Waals surface area contributed by atoms with Crippen molar-refractivity contribution in [1.82, 2.24) is 0 Å². The van der Waals surface area contributed by atoms with Gasteiger partial charge < -0.3 is 10.8 Å². The number of rotatable bonds is 2. The molecule has 0 heterocycles. The van der Waals surface area contributed by atoms with Crippen molar-refractivity contribution in [1.29, 1.82) is 0 Å². The molecule has 70 valence electrons. The summed E-state index contributed by atoms with van der Waals surface area (Å²) >= 11 is 2.93. The fourth-order valence-electron chi connectivity index (χ4n) is 0.875. The van der Waals surface area contributed by atoms with Crippen LogP contribution in [-0.2, 0) is 0 Å². The topological polar surface area (TPSA) is 63.3 Å². The predicted octanol–water partition coefficient (Wildman–Crippen LogP) is 1.69. The van der Waals surface area contributed by atoms with Crippen molar-refractivity contribution in [3.05, 3.63) is 23.5 Å². The third kappa shape index (κ3) is 1.98. The van der Waals surface area contributed by atoms with Crippen LogP contribution in [0.5, 0.6) is 5.75 Å². The summed E-state index contributed by atoms with van der Waals surface area (Å²) in [6.07, 6.45) is 0. The van der Waals surface area contributed by atoms with Gasteiger partial charge in [-0.2, -0.15) is 0 Å². The number of alkyl halides is 1. The maximum absolute atomic E-state index is 12.7. The lowest BCUT2D eigenvalue weighted by Gasteiger charge is -2.03. The van der Waals surface area contributed by atoms with E-state index in [-0.39, 0.29) is 22.4 Å². The highest BCUT2D eigenvalue weighted by molar-refractivity contribution is 9.09. The van der Waals surface area contributed by atoms with Gasteiger partial charge in [-0.15, -0.1) is 0 Å². The zero-order valence-electron chi connectivity index (χ0n) is 6.55. The van der Waals surface area contributed by atoms with Gasteiger partial charge in [0.25, 0.3) is 0 Å². The van der Waals surface area contributed by atoms with Crippen LogP contribution in [-0.4, -0.2) is 16.2 Å². The summed E-state index contributed by atoms with van der Waals surface area (Å²) in [7, 11) is 0. The van der Waals surface area contributed by atoms with Crippen LogP contribution in [0.15, 0.2) is 12.1 Å². The molecular formula is C8H7BrFNO2. The number of ketones is 1. The van der Waals surface area contributed by atoms with Crippen molar-refractivity contribution in [2.75, 3.05) is 11.1 Å². The first-order valence-corrected chi connectivity index (χ1v) is 4.55. The Morgan fingerprint density at radius 1 is 1.62 bits per heavy atom. The zero-order valence-corrected chi connectivity index (χ0v) is 8.14. The quantitative estimate of drug-likeness (QED) is 0.362. The van der Waals surface area contributed by atoms with E-state index in [9.17, 15) is 14.3 Å². The Hall–Kier alpha value is -1.10. The van der Waals surface area contributed by atoms with Gasteiger partial charge in [0.05, 0.1) is 16.6 Å². The molecule has 1 aromatic carbocycles. The Kier molecular flexibility index (Phi) is 2.87. The molecule has 1 aromatic rings. The summed E-state index contributed by atoms with van der Waals surface area (Å²) in [5.41, 5.74) is 5.10. The molecule has 0 fully saturated rings. The molecular weight excluding hydrogens is 241 g/mol. The van der Waals surface area contributed by atoms with Crippen LogP contribution in [0.2, 0.25) is 0 Å². The van der Waals surface area contributed by atoms with Crippen molar-refractivity contribution < 1.29 is 14.3 Å². The van der Waals surface area contributed by atoms with Gasteiger partial charge in [-0.25, -0.2) is 4.39 Å². The van der Waals surface area contributed by atoms with Gasteiger partial charge in [-0.3, -0.25) is 4.79 Å². The van der Waals surface area contributed by atoms with E-state index in [1.54, 1.807) is 0 Å². The molecule has 0 unspecified atom stereocenters. The number of nitrogens with two attached hydrogens (primary N) is 1. The third-order valence-corrected chi connectivity index (χ3v) is 2.05. The number of aromatic hydroxyl groups is 1. The minimum Gasteiger partial charge on any atom is -0.507 e. The number of anilines is 1. The highest BCUT2D eigenvalue weighted by Crippen LogP contribution is 2.23. The lowest BCUT2D eigenvalue weighted by molar-refractivity contribution is 0.102. The van der Waals surface area contributed by atoms with Gasteiger partial charge in [0.1, 0.15) is 11.6 Å². The molecule has 0 amide bonds. The van der Waals surface area contributed by atoms with Crippen molar-refractivity contribution >= 4 is 27.4 Å². The monoisotopic (exact) mass is 247 g/mol. The summed E-state index contributed by atoms with van der Waals surface area (Å²) in [6.45, 7) is 0. The van der Waals surface area contributed by atoms with E-state index in [1.807, 2.05) is 0 Å². The SMILES string of the molecule is Nc1cc(C(=O)CBr)c(O)cc1F. The molecule has 0 aliphatic carbocycles. The molecule has 0 aliphatic heterocycles. The molecule has 13 heavy (non-hydrogen) atoms. The maximum atomic E-state index is 12.7. The first-order chi connectivity index (χ1) is 6.06. The van der Waals surface area contributed by atoms with Gasteiger partial charge in [0, 0.05) is 6.07 Å². The van der Waals surface area contributed by atoms with E-state index in [1.165, 1.54) is 0 Å². The lowest BCUT2D eigenvalue weighted by Crippen LogP contribution is -2.02. The van der Waals surface area contributed by atoms with E-state index >= 15 is 0 Å². The fraction of sp³-hybridized carbons (Fsp3) is 0.125. The molecule has 3 nitrogen and oxygen atoms in total. The number of hydrogen-bond donors (Lipinski definition) is 2. The zero-order chi connectivity index (χ0) is 10.0. The number of phenolic OH excluding ortho intramolecular Hbond substituents is 1. The summed E-state index contributed by atoms with van der Waals surface area (Å²) < 4.78 is 12.7. The summed E-state index contributed by atoms with van der Waals surface area (Å²) in [5, 5.41) is 9.24. The van der Waals surface area contributed by atoms with Crippen molar-refractivity contribution in [2.45, 2.75) is 0 Å². The average molecular weight is 248 g/mol. The summed E-state index contributed by atoms with van der Waals surface area (Å²) in [4.78, 5) is 11.1. The number of hydrogen-bond acceptors (Lipinski definition) is 3. The average Bonchev–Trinajstić information content (AvgIpc) is 2.10. The first kappa shape index (κ1) is 9.98. The Labute approximate surface area is 82.5 Å². The van der Waals surface area contributed by atoms with Crippen molar-refractivity contribution in [3.63, 3.8) is 0 Å². The van der Waals surface area contributed by atoms with E-state index in [4.69, 9.17) is 5.73 Å². The van der Waals surface area contributed by atoms with Crippen LogP contribution in [0.25, 0.3) is 0 Å². The second-order valence-electron chi connectivity index (χ2n) is 2.45. The molecule has 0 saturated heterocycles. The van der Waals surface area contributed by atoms with Crippen molar-refractivity contribution in [3.8, 4) is 5.75 Å². The molecule has 1 rings (SSSR count). The maximum Gasteiger partial charge on any atom is 0.177 e. The largest absolute Gasteiger partial charge is 0.507 e. The first-order valence-electron chi connectivity index (χ1n) is 3.43. The van der Waals surface area contributed by atoms with Crippen LogP contribution >= 0.6 is 15.9 Å². The normalized spacial score (nSPS) is 10.0. The third-order valence-electron chi connectivity index (χ3n) is 1.54. The molecule has 0 aliphatic rings. The predicted molar refractivity (Wildman–Crippen MR) is 50.6 cm³/mol. The minimum absolute atomic E-state index is 0.0239. The van der Waals surface area contributed by atoms with Gasteiger partial charge >= 0.3 is 0 Å². The Bertz CT molecular complexity index is 354. The number of halogens is 2. The number of Topliss-reactive ketones (excluding diaryl/α,β-unsaturated/α-hetero) is 1. The van der Waals surface area contributed by atoms with Crippen LogP contribution in [0, 0.1) is 5.82 Å². The highest BCUT2D eigenvalue weighted by Gasteiger charge is 2.12. The minimum atomic E-state index is -0.733. The second kappa shape index (κ2) is 3.74. The standard InChI is InChI=1S/C8H7BrFNO2/c9-3-8(13)4-1-6(11)5(10)2-7(4)12/h1-2,12H,3,11H2. The molecule has 0 bridgehead atoms. The number of phenols is 1. The number of carbonyl (C=O) groups is 1. The van der Waals surface area contributed by atoms with Gasteiger partial charge in [0.15, 0.2) is 5.78 Å². The Morgan fingerprint density at radius 2 is 2.23 bits per heavy atom. The molecule has 0 radical (unpaired) electrons. The Morgan fingerprint density at radius 3 is 2.77 bits per heavy atom. The fourth-order valence-corrected chi connectivity index (χ4v) is 1.18. The van der Waals surface area contributed by atoms with Crippen molar-refractivity contribution in [2.24, 2.45) is 0 Å². The van der Waals surface area contributed by atoms with E-state index < -0.39 is 11.6 Å². The number of nitrogen functional groups attached to an aromatic ring is 1. The number of benzene rings is 1. The van der Waals surface area contributed by atoms with Gasteiger partial charge in [0.2, 0.25) is 0 Å². The van der Waals surface area contributed by atoms with Gasteiger partial charge in [-0.05, 0) is 6.07 Å². The van der Waals surface area contributed by atoms with E-state index in [2.05, 4.69) is 15.9 Å². The molecule has 0 aromatic heterocycles. The molecule has 0 atom stereocenters. The van der Waals surface area contributed by atoms with Crippen LogP contribution in [0.1, 0.15) is 10.4 Å². The summed E-state index contributed by atoms with van der Waals surface area (Å²) in [6, 6.07) is 1.94.